The van der Waals surface area contributed by atoms with E-state index in [9.17, 15) is 4.79 Å². The fourth-order valence-electron chi connectivity index (χ4n) is 3.52. The maximum atomic E-state index is 12.5. The third-order valence-corrected chi connectivity index (χ3v) is 4.77. The van der Waals surface area contributed by atoms with E-state index in [1.807, 2.05) is 27.8 Å². The topological polar surface area (TPSA) is 63.1 Å². The summed E-state index contributed by atoms with van der Waals surface area (Å²) in [5, 5.41) is 7.72. The van der Waals surface area contributed by atoms with E-state index in [0.29, 0.717) is 19.0 Å². The second kappa shape index (κ2) is 6.12. The van der Waals surface area contributed by atoms with E-state index < -0.39 is 0 Å². The van der Waals surface area contributed by atoms with Gasteiger partial charge < -0.3 is 10.2 Å². The zero-order valence-electron chi connectivity index (χ0n) is 13.1. The first-order valence-electron chi connectivity index (χ1n) is 8.29. The molecule has 2 aromatic rings. The number of hydrogen-bond acceptors (Lipinski definition) is 4. The number of hydrogen-bond donors (Lipinski definition) is 1. The highest BCUT2D eigenvalue weighted by Crippen LogP contribution is 2.27. The molecule has 0 saturated heterocycles. The Morgan fingerprint density at radius 1 is 1.30 bits per heavy atom. The molecule has 1 amide bonds. The van der Waals surface area contributed by atoms with Gasteiger partial charge in [-0.15, -0.1) is 0 Å². The number of aryl methyl sites for hydroxylation is 1. The monoisotopic (exact) mass is 311 g/mol. The zero-order chi connectivity index (χ0) is 15.6. The summed E-state index contributed by atoms with van der Waals surface area (Å²) in [7, 11) is 0. The predicted molar refractivity (Wildman–Crippen MR) is 87.2 cm³/mol. The summed E-state index contributed by atoms with van der Waals surface area (Å²) in [4.78, 5) is 18.6. The smallest absolute Gasteiger partial charge is 0.228 e. The van der Waals surface area contributed by atoms with E-state index in [1.54, 1.807) is 6.33 Å². The molecule has 23 heavy (non-hydrogen) atoms. The molecule has 6 heteroatoms. The molecular weight excluding hydrogens is 290 g/mol. The van der Waals surface area contributed by atoms with Gasteiger partial charge >= 0.3 is 0 Å². The lowest BCUT2D eigenvalue weighted by Gasteiger charge is -2.24. The standard InChI is InChI=1S/C17H21N5O/c23-17(21-10-8-13-3-1-2-4-15(13)21)7-9-18-14-5-6-16-19-12-20-22(16)11-14/h1-4,12,14,18H,5-11H2. The van der Waals surface area contributed by atoms with Gasteiger partial charge in [-0.25, -0.2) is 9.67 Å². The largest absolute Gasteiger partial charge is 0.312 e. The quantitative estimate of drug-likeness (QED) is 0.920. The lowest BCUT2D eigenvalue weighted by atomic mass is 10.1. The summed E-state index contributed by atoms with van der Waals surface area (Å²) in [6.45, 7) is 2.37. The van der Waals surface area contributed by atoms with Gasteiger partial charge in [0.1, 0.15) is 12.2 Å². The lowest BCUT2D eigenvalue weighted by molar-refractivity contribution is -0.118. The first-order chi connectivity index (χ1) is 11.3. The summed E-state index contributed by atoms with van der Waals surface area (Å²) >= 11 is 0. The summed E-state index contributed by atoms with van der Waals surface area (Å²) < 4.78 is 1.96. The van der Waals surface area contributed by atoms with Crippen LogP contribution in [0, 0.1) is 0 Å². The fraction of sp³-hybridized carbons (Fsp3) is 0.471. The van der Waals surface area contributed by atoms with Crippen LogP contribution in [0.5, 0.6) is 0 Å². The molecule has 0 fully saturated rings. The van der Waals surface area contributed by atoms with E-state index >= 15 is 0 Å². The number of nitrogens with zero attached hydrogens (tertiary/aromatic N) is 4. The van der Waals surface area contributed by atoms with E-state index in [0.717, 1.165) is 43.9 Å². The Labute approximate surface area is 135 Å². The van der Waals surface area contributed by atoms with Crippen LogP contribution in [0.2, 0.25) is 0 Å². The Balaban J connectivity index is 1.28. The molecule has 120 valence electrons. The van der Waals surface area contributed by atoms with Crippen molar-refractivity contribution in [1.29, 1.82) is 0 Å². The molecule has 1 unspecified atom stereocenters. The summed E-state index contributed by atoms with van der Waals surface area (Å²) in [6.07, 6.45) is 5.12. The van der Waals surface area contributed by atoms with Crippen molar-refractivity contribution >= 4 is 11.6 Å². The Morgan fingerprint density at radius 2 is 2.22 bits per heavy atom. The molecule has 0 aliphatic carbocycles. The van der Waals surface area contributed by atoms with E-state index in [1.165, 1.54) is 5.56 Å². The van der Waals surface area contributed by atoms with Crippen LogP contribution in [0.4, 0.5) is 5.69 Å². The molecule has 0 spiro atoms. The zero-order valence-corrected chi connectivity index (χ0v) is 13.1. The molecule has 3 heterocycles. The number of para-hydroxylation sites is 1. The molecule has 0 radical (unpaired) electrons. The molecule has 2 aliphatic rings. The van der Waals surface area contributed by atoms with Crippen LogP contribution >= 0.6 is 0 Å². The van der Waals surface area contributed by atoms with Crippen LogP contribution in [0.15, 0.2) is 30.6 Å². The minimum atomic E-state index is 0.208. The molecule has 6 nitrogen and oxygen atoms in total. The first kappa shape index (κ1) is 14.4. The number of aromatic nitrogens is 3. The van der Waals surface area contributed by atoms with Gasteiger partial charge in [0.05, 0.1) is 6.54 Å². The Hall–Kier alpha value is -2.21. The van der Waals surface area contributed by atoms with Gasteiger partial charge in [-0.1, -0.05) is 18.2 Å². The van der Waals surface area contributed by atoms with Crippen molar-refractivity contribution in [1.82, 2.24) is 20.1 Å². The van der Waals surface area contributed by atoms with Crippen molar-refractivity contribution in [3.8, 4) is 0 Å². The van der Waals surface area contributed by atoms with Gasteiger partial charge in [0.15, 0.2) is 0 Å². The minimum absolute atomic E-state index is 0.208. The molecule has 2 aliphatic heterocycles. The van der Waals surface area contributed by atoms with Crippen LogP contribution in [-0.2, 0) is 24.2 Å². The number of benzene rings is 1. The highest BCUT2D eigenvalue weighted by Gasteiger charge is 2.24. The number of amides is 1. The third-order valence-electron chi connectivity index (χ3n) is 4.77. The molecule has 1 atom stereocenters. The SMILES string of the molecule is O=C(CCNC1CCc2ncnn2C1)N1CCc2ccccc21. The van der Waals surface area contributed by atoms with E-state index in [2.05, 4.69) is 21.5 Å². The third kappa shape index (κ3) is 2.86. The van der Waals surface area contributed by atoms with Crippen molar-refractivity contribution in [3.05, 3.63) is 42.0 Å². The van der Waals surface area contributed by atoms with Gasteiger partial charge in [0.2, 0.25) is 5.91 Å². The summed E-state index contributed by atoms with van der Waals surface area (Å²) in [5.74, 6) is 1.27. The molecule has 1 aromatic carbocycles. The maximum Gasteiger partial charge on any atom is 0.228 e. The highest BCUT2D eigenvalue weighted by molar-refractivity contribution is 5.95. The van der Waals surface area contributed by atoms with Gasteiger partial charge in [0.25, 0.3) is 0 Å². The van der Waals surface area contributed by atoms with Gasteiger partial charge in [0, 0.05) is 37.7 Å². The van der Waals surface area contributed by atoms with Crippen molar-refractivity contribution < 1.29 is 4.79 Å². The second-order valence-corrected chi connectivity index (χ2v) is 6.22. The lowest BCUT2D eigenvalue weighted by Crippen LogP contribution is -2.40. The molecule has 4 rings (SSSR count). The van der Waals surface area contributed by atoms with Gasteiger partial charge in [-0.3, -0.25) is 4.79 Å². The first-order valence-corrected chi connectivity index (χ1v) is 8.29. The maximum absolute atomic E-state index is 12.5. The number of fused-ring (bicyclic) bond motifs is 2. The average molecular weight is 311 g/mol. The van der Waals surface area contributed by atoms with E-state index in [4.69, 9.17) is 0 Å². The highest BCUT2D eigenvalue weighted by atomic mass is 16.2. The molecule has 1 N–H and O–H groups in total. The van der Waals surface area contributed by atoms with Crippen LogP contribution in [0.25, 0.3) is 0 Å². The Morgan fingerprint density at radius 3 is 3.17 bits per heavy atom. The molecular formula is C17H21N5O. The van der Waals surface area contributed by atoms with E-state index in [-0.39, 0.29) is 5.91 Å². The van der Waals surface area contributed by atoms with Crippen LogP contribution in [0.1, 0.15) is 24.2 Å². The van der Waals surface area contributed by atoms with Gasteiger partial charge in [-0.2, -0.15) is 5.10 Å². The average Bonchev–Trinajstić information content (AvgIpc) is 3.21. The number of carbonyl (C=O) groups is 1. The summed E-state index contributed by atoms with van der Waals surface area (Å²) in [5.41, 5.74) is 2.36. The van der Waals surface area contributed by atoms with Crippen LogP contribution in [0.3, 0.4) is 0 Å². The number of nitrogens with one attached hydrogen (secondary N) is 1. The van der Waals surface area contributed by atoms with Crippen LogP contribution < -0.4 is 10.2 Å². The van der Waals surface area contributed by atoms with Crippen molar-refractivity contribution in [2.75, 3.05) is 18.0 Å². The Kier molecular flexibility index (Phi) is 3.83. The fourth-order valence-corrected chi connectivity index (χ4v) is 3.52. The van der Waals surface area contributed by atoms with Crippen molar-refractivity contribution in [2.24, 2.45) is 0 Å². The normalized spacial score (nSPS) is 19.5. The van der Waals surface area contributed by atoms with Crippen molar-refractivity contribution in [3.63, 3.8) is 0 Å². The Bertz CT molecular complexity index is 711. The molecule has 0 bridgehead atoms. The summed E-state index contributed by atoms with van der Waals surface area (Å²) in [6, 6.07) is 8.57. The van der Waals surface area contributed by atoms with Crippen LogP contribution in [-0.4, -0.2) is 39.8 Å². The van der Waals surface area contributed by atoms with Gasteiger partial charge in [-0.05, 0) is 24.5 Å². The minimum Gasteiger partial charge on any atom is -0.312 e. The number of anilines is 1. The number of rotatable bonds is 4. The second-order valence-electron chi connectivity index (χ2n) is 6.22. The molecule has 1 aromatic heterocycles. The predicted octanol–water partition coefficient (Wildman–Crippen LogP) is 1.16. The number of carbonyl (C=O) groups excluding carboxylic acids is 1. The molecule has 0 saturated carbocycles. The van der Waals surface area contributed by atoms with Crippen molar-refractivity contribution in [2.45, 2.75) is 38.3 Å².